The smallest absolute Gasteiger partial charge is 0.220 e. The fourth-order valence-electron chi connectivity index (χ4n) is 13.6. The van der Waals surface area contributed by atoms with E-state index in [1.54, 1.807) is 9.59 Å². The Labute approximate surface area is 499 Å². The fraction of sp³-hybridized carbons (Fsp3) is 0. The van der Waals surface area contributed by atoms with Gasteiger partial charge in [-0.2, -0.15) is 9.59 Å². The van der Waals surface area contributed by atoms with Crippen molar-refractivity contribution in [2.24, 2.45) is 0 Å². The summed E-state index contributed by atoms with van der Waals surface area (Å²) in [5.41, 5.74) is 21.6. The van der Waals surface area contributed by atoms with Crippen LogP contribution < -0.4 is 0 Å². The zero-order valence-electron chi connectivity index (χ0n) is 46.8. The maximum atomic E-state index is 5.19. The van der Waals surface area contributed by atoms with Crippen molar-refractivity contribution >= 4 is 121 Å². The maximum absolute atomic E-state index is 5.19. The Kier molecular flexibility index (Phi) is 10.1. The molecule has 14 heteroatoms. The highest BCUT2D eigenvalue weighted by Crippen LogP contribution is 2.40. The van der Waals surface area contributed by atoms with Crippen molar-refractivity contribution in [2.75, 3.05) is 0 Å². The van der Waals surface area contributed by atoms with Gasteiger partial charge in [0.2, 0.25) is 11.6 Å². The van der Waals surface area contributed by atoms with Crippen LogP contribution in [0.15, 0.2) is 279 Å². The Hall–Kier alpha value is -12.4. The molecule has 0 spiro atoms. The van der Waals surface area contributed by atoms with Crippen molar-refractivity contribution in [3.63, 3.8) is 0 Å². The number of aromatic nitrogens is 14. The van der Waals surface area contributed by atoms with E-state index in [0.717, 1.165) is 134 Å². The second-order valence-corrected chi connectivity index (χ2v) is 22.1. The quantitative estimate of drug-likeness (QED) is 0.164. The number of imidazole rings is 4. The summed E-state index contributed by atoms with van der Waals surface area (Å²) < 4.78 is 13.5. The first-order valence-electron chi connectivity index (χ1n) is 29.3. The van der Waals surface area contributed by atoms with E-state index in [9.17, 15) is 0 Å². The Morgan fingerprint density at radius 2 is 0.466 bits per heavy atom. The Bertz CT molecular complexity index is 5760. The van der Waals surface area contributed by atoms with Crippen LogP contribution in [0.3, 0.4) is 0 Å². The van der Waals surface area contributed by atoms with Crippen LogP contribution in [-0.4, -0.2) is 67.0 Å². The van der Waals surface area contributed by atoms with Gasteiger partial charge in [0.15, 0.2) is 0 Å². The monoisotopic (exact) mass is 1130 g/mol. The van der Waals surface area contributed by atoms with E-state index in [4.69, 9.17) is 30.4 Å². The molecule has 0 fully saturated rings. The molecule has 0 bridgehead atoms. The van der Waals surface area contributed by atoms with Gasteiger partial charge in [0, 0.05) is 21.5 Å². The molecule has 0 amide bonds. The van der Waals surface area contributed by atoms with Crippen LogP contribution in [0.4, 0.5) is 0 Å². The summed E-state index contributed by atoms with van der Waals surface area (Å²) >= 11 is 0. The number of nitrogens with zero attached hydrogens (tertiary/aromatic N) is 14. The Morgan fingerprint density at radius 3 is 0.807 bits per heavy atom. The number of fused-ring (bicyclic) bond motifs is 18. The topological polar surface area (TPSA) is 116 Å². The van der Waals surface area contributed by atoms with Crippen LogP contribution in [0.1, 0.15) is 0 Å². The van der Waals surface area contributed by atoms with Gasteiger partial charge in [-0.3, -0.25) is 17.9 Å². The minimum atomic E-state index is 0.758. The number of benzene rings is 12. The lowest BCUT2D eigenvalue weighted by atomic mass is 10.2. The summed E-state index contributed by atoms with van der Waals surface area (Å²) in [6.45, 7) is 0. The van der Waals surface area contributed by atoms with E-state index >= 15 is 0 Å². The lowest BCUT2D eigenvalue weighted by Gasteiger charge is -2.12. The molecule has 88 heavy (non-hydrogen) atoms. The zero-order chi connectivity index (χ0) is 57.6. The van der Waals surface area contributed by atoms with Crippen molar-refractivity contribution in [1.82, 2.24) is 67.0 Å². The third kappa shape index (κ3) is 6.87. The van der Waals surface area contributed by atoms with E-state index in [-0.39, 0.29) is 0 Å². The first-order valence-corrected chi connectivity index (χ1v) is 29.3. The van der Waals surface area contributed by atoms with Crippen molar-refractivity contribution in [3.8, 4) is 34.1 Å². The predicted molar refractivity (Wildman–Crippen MR) is 353 cm³/mol. The summed E-state index contributed by atoms with van der Waals surface area (Å²) in [5.74, 6) is 1.65. The molecule has 8 heterocycles. The molecule has 412 valence electrons. The van der Waals surface area contributed by atoms with E-state index in [2.05, 4.69) is 233 Å². The normalized spacial score (nSPS) is 12.1. The molecular formula is C74H46N14. The summed E-state index contributed by atoms with van der Waals surface area (Å²) in [7, 11) is 0. The number of para-hydroxylation sites is 14. The number of hydrogen-bond donors (Lipinski definition) is 0. The van der Waals surface area contributed by atoms with Crippen molar-refractivity contribution in [1.29, 1.82) is 0 Å². The summed E-state index contributed by atoms with van der Waals surface area (Å²) in [6.07, 6.45) is 0. The first-order chi connectivity index (χ1) is 43.7. The average Bonchev–Trinajstić information content (AvgIpc) is 1.78. The number of rotatable bonds is 6. The molecule has 14 nitrogen and oxygen atoms in total. The van der Waals surface area contributed by atoms with E-state index in [0.29, 0.717) is 0 Å². The van der Waals surface area contributed by atoms with Crippen LogP contribution in [0.25, 0.3) is 155 Å². The van der Waals surface area contributed by atoms with E-state index < -0.39 is 0 Å². The fourth-order valence-corrected chi connectivity index (χ4v) is 13.6. The van der Waals surface area contributed by atoms with Gasteiger partial charge < -0.3 is 9.13 Å². The highest BCUT2D eigenvalue weighted by molar-refractivity contribution is 6.13. The predicted octanol–water partition coefficient (Wildman–Crippen LogP) is 16.5. The summed E-state index contributed by atoms with van der Waals surface area (Å²) in [4.78, 5) is 13.8. The third-order valence-electron chi connectivity index (χ3n) is 17.3. The van der Waals surface area contributed by atoms with Gasteiger partial charge in [0.05, 0.1) is 100 Å². The maximum Gasteiger partial charge on any atom is 0.220 e. The standard InChI is InChI=1S/C38H23N9.C36H23N5/c1-2-12-24(13-3-1)47-41-35-33(45-31-20-10-8-18-29(31)43-27-16-6-4-14-25(27)39-37(43)45)22-23-34(36(35)42-47)46-32-21-11-9-19-30(32)44-28-17-7-5-15-26(28)40-38(44)46;1-2-12-24(13-3-1)41-37-35-33(39-29-18-8-4-14-25(29)26-15-5-9-19-30(26)39)22-23-34(36(35)38-41)40-31-20-10-6-16-27(31)28-17-7-11-21-32(28)40/h1-23H;1-23H. The molecular weight excluding hydrogens is 1080 g/mol. The number of hydrogen-bond acceptors (Lipinski definition) is 6. The van der Waals surface area contributed by atoms with E-state index in [1.165, 1.54) is 21.5 Å². The van der Waals surface area contributed by atoms with Gasteiger partial charge >= 0.3 is 0 Å². The minimum absolute atomic E-state index is 0.758. The SMILES string of the molecule is c1ccc(-n2nc3c(-n4c5ccccc5c5ccccc54)ccc(-n4c5ccccc5c5ccccc54)c3n2)cc1.c1ccc(-n2nc3c(-n4c5ccccc5n5c6ccccc6nc45)ccc(-n4c5ccccc5n5c6ccccc6nc45)c3n2)cc1. The van der Waals surface area contributed by atoms with Gasteiger partial charge in [-0.25, -0.2) is 9.97 Å². The van der Waals surface area contributed by atoms with Gasteiger partial charge in [-0.05, 0) is 121 Å². The van der Waals surface area contributed by atoms with E-state index in [1.807, 2.05) is 72.8 Å². The van der Waals surface area contributed by atoms with Crippen LogP contribution in [0.5, 0.6) is 0 Å². The molecule has 0 saturated carbocycles. The van der Waals surface area contributed by atoms with Gasteiger partial charge in [-0.1, -0.05) is 158 Å². The molecule has 0 aliphatic heterocycles. The zero-order valence-corrected chi connectivity index (χ0v) is 46.8. The van der Waals surface area contributed by atoms with Gasteiger partial charge in [0.1, 0.15) is 22.1 Å². The molecule has 0 atom stereocenters. The molecule has 20 aromatic rings. The minimum Gasteiger partial charge on any atom is -0.307 e. The van der Waals surface area contributed by atoms with Gasteiger partial charge in [-0.15, -0.1) is 20.4 Å². The Morgan fingerprint density at radius 1 is 0.205 bits per heavy atom. The van der Waals surface area contributed by atoms with Gasteiger partial charge in [0.25, 0.3) is 0 Å². The van der Waals surface area contributed by atoms with Crippen LogP contribution in [0, 0.1) is 0 Å². The summed E-state index contributed by atoms with van der Waals surface area (Å²) in [5, 5.41) is 25.6. The molecule has 0 N–H and O–H groups in total. The highest BCUT2D eigenvalue weighted by atomic mass is 15.5. The molecule has 12 aromatic carbocycles. The molecule has 0 aliphatic rings. The lowest BCUT2D eigenvalue weighted by Crippen LogP contribution is -2.01. The highest BCUT2D eigenvalue weighted by Gasteiger charge is 2.26. The third-order valence-corrected chi connectivity index (χ3v) is 17.3. The second kappa shape index (κ2) is 18.5. The van der Waals surface area contributed by atoms with Crippen LogP contribution >= 0.6 is 0 Å². The Balaban J connectivity index is 0.000000129. The molecule has 0 unspecified atom stereocenters. The largest absolute Gasteiger partial charge is 0.307 e. The summed E-state index contributed by atoms with van der Waals surface area (Å²) in [6, 6.07) is 96.5. The van der Waals surface area contributed by atoms with Crippen molar-refractivity contribution in [2.45, 2.75) is 0 Å². The first kappa shape index (κ1) is 48.0. The van der Waals surface area contributed by atoms with Crippen LogP contribution in [-0.2, 0) is 0 Å². The second-order valence-electron chi connectivity index (χ2n) is 22.1. The molecule has 8 aromatic heterocycles. The van der Waals surface area contributed by atoms with Crippen molar-refractivity contribution in [3.05, 3.63) is 279 Å². The molecule has 0 aliphatic carbocycles. The molecule has 0 radical (unpaired) electrons. The lowest BCUT2D eigenvalue weighted by molar-refractivity contribution is 0.764. The molecule has 0 saturated heterocycles. The van der Waals surface area contributed by atoms with Crippen LogP contribution in [0.2, 0.25) is 0 Å². The van der Waals surface area contributed by atoms with Crippen molar-refractivity contribution < 1.29 is 0 Å². The molecule has 20 rings (SSSR count). The average molecular weight is 1130 g/mol.